The van der Waals surface area contributed by atoms with E-state index in [4.69, 9.17) is 11.6 Å². The summed E-state index contributed by atoms with van der Waals surface area (Å²) in [6, 6.07) is 5.62. The van der Waals surface area contributed by atoms with Gasteiger partial charge >= 0.3 is 0 Å². The van der Waals surface area contributed by atoms with Crippen LogP contribution in [0.3, 0.4) is 0 Å². The van der Waals surface area contributed by atoms with Gasteiger partial charge in [-0.15, -0.1) is 0 Å². The Morgan fingerprint density at radius 2 is 2.00 bits per heavy atom. The van der Waals surface area contributed by atoms with Gasteiger partial charge in [-0.05, 0) is 50.5 Å². The maximum absolute atomic E-state index is 10.2. The van der Waals surface area contributed by atoms with Crippen LogP contribution in [0.25, 0.3) is 0 Å². The van der Waals surface area contributed by atoms with Gasteiger partial charge in [-0.2, -0.15) is 0 Å². The van der Waals surface area contributed by atoms with E-state index >= 15 is 0 Å². The first-order valence-electron chi connectivity index (χ1n) is 6.96. The Balaban J connectivity index is 2.64. The van der Waals surface area contributed by atoms with Crippen LogP contribution in [0.15, 0.2) is 18.2 Å². The van der Waals surface area contributed by atoms with E-state index < -0.39 is 5.60 Å². The topological polar surface area (TPSA) is 20.2 Å². The molecule has 19 heavy (non-hydrogen) atoms. The van der Waals surface area contributed by atoms with Gasteiger partial charge in [0.2, 0.25) is 0 Å². The third kappa shape index (κ3) is 6.14. The number of hydrogen-bond acceptors (Lipinski definition) is 1. The molecule has 1 rings (SSSR count). The van der Waals surface area contributed by atoms with Crippen LogP contribution < -0.4 is 0 Å². The lowest BCUT2D eigenvalue weighted by Gasteiger charge is -2.15. The van der Waals surface area contributed by atoms with Gasteiger partial charge in [-0.25, -0.2) is 0 Å². The highest BCUT2D eigenvalue weighted by Gasteiger charge is 2.15. The highest BCUT2D eigenvalue weighted by Crippen LogP contribution is 2.17. The van der Waals surface area contributed by atoms with E-state index in [1.807, 2.05) is 25.1 Å². The highest BCUT2D eigenvalue weighted by atomic mass is 35.5. The molecule has 1 unspecified atom stereocenters. The minimum atomic E-state index is -0.903. The van der Waals surface area contributed by atoms with Crippen molar-refractivity contribution in [1.82, 2.24) is 0 Å². The molecular formula is C17H23ClO. The molecule has 0 radical (unpaired) electrons. The number of halogens is 1. The Labute approximate surface area is 122 Å². The van der Waals surface area contributed by atoms with Gasteiger partial charge in [0.15, 0.2) is 0 Å². The van der Waals surface area contributed by atoms with Crippen LogP contribution in [0.4, 0.5) is 0 Å². The molecule has 0 fully saturated rings. The van der Waals surface area contributed by atoms with Crippen molar-refractivity contribution in [3.05, 3.63) is 34.3 Å². The van der Waals surface area contributed by atoms with E-state index in [0.717, 1.165) is 35.4 Å². The largest absolute Gasteiger partial charge is 0.378 e. The van der Waals surface area contributed by atoms with Crippen molar-refractivity contribution in [2.24, 2.45) is 0 Å². The van der Waals surface area contributed by atoms with E-state index in [0.29, 0.717) is 0 Å². The number of unbranched alkanes of at least 4 members (excludes halogenated alkanes) is 3. The van der Waals surface area contributed by atoms with Gasteiger partial charge in [0.25, 0.3) is 0 Å². The van der Waals surface area contributed by atoms with Crippen molar-refractivity contribution in [3.63, 3.8) is 0 Å². The van der Waals surface area contributed by atoms with Crippen molar-refractivity contribution >= 4 is 11.6 Å². The summed E-state index contributed by atoms with van der Waals surface area (Å²) < 4.78 is 0. The lowest BCUT2D eigenvalue weighted by molar-refractivity contribution is 0.109. The number of aryl methyl sites for hydroxylation is 1. The van der Waals surface area contributed by atoms with Crippen molar-refractivity contribution < 1.29 is 5.11 Å². The summed E-state index contributed by atoms with van der Waals surface area (Å²) in [6.45, 7) is 5.95. The van der Waals surface area contributed by atoms with Crippen LogP contribution in [0.5, 0.6) is 0 Å². The van der Waals surface area contributed by atoms with Crippen molar-refractivity contribution in [2.45, 2.75) is 58.5 Å². The average molecular weight is 279 g/mol. The quantitative estimate of drug-likeness (QED) is 0.610. The van der Waals surface area contributed by atoms with Crippen molar-refractivity contribution in [1.29, 1.82) is 0 Å². The molecule has 0 aliphatic heterocycles. The van der Waals surface area contributed by atoms with Gasteiger partial charge in [0.1, 0.15) is 5.60 Å². The van der Waals surface area contributed by atoms with Crippen LogP contribution in [0.1, 0.15) is 57.1 Å². The molecule has 2 heteroatoms. The van der Waals surface area contributed by atoms with Crippen LogP contribution in [0, 0.1) is 18.8 Å². The number of hydrogen-bond donors (Lipinski definition) is 1. The van der Waals surface area contributed by atoms with E-state index in [1.165, 1.54) is 12.8 Å². The molecule has 1 atom stereocenters. The molecule has 0 saturated carbocycles. The fourth-order valence-corrected chi connectivity index (χ4v) is 2.15. The lowest BCUT2D eigenvalue weighted by Crippen LogP contribution is -2.21. The predicted molar refractivity (Wildman–Crippen MR) is 82.4 cm³/mol. The lowest BCUT2D eigenvalue weighted by atomic mass is 9.97. The molecule has 0 aliphatic carbocycles. The van der Waals surface area contributed by atoms with Crippen LogP contribution in [-0.2, 0) is 0 Å². The summed E-state index contributed by atoms with van der Waals surface area (Å²) in [7, 11) is 0. The molecule has 0 saturated heterocycles. The highest BCUT2D eigenvalue weighted by molar-refractivity contribution is 6.30. The Hall–Kier alpha value is -0.970. The maximum Gasteiger partial charge on any atom is 0.123 e. The Kier molecular flexibility index (Phi) is 6.42. The molecule has 0 bridgehead atoms. The van der Waals surface area contributed by atoms with E-state index in [-0.39, 0.29) is 0 Å². The van der Waals surface area contributed by atoms with Gasteiger partial charge < -0.3 is 5.11 Å². The summed E-state index contributed by atoms with van der Waals surface area (Å²) in [4.78, 5) is 0. The normalized spacial score (nSPS) is 13.5. The second-order valence-corrected chi connectivity index (χ2v) is 5.73. The summed E-state index contributed by atoms with van der Waals surface area (Å²) in [5.41, 5.74) is 1.07. The minimum absolute atomic E-state index is 0.717. The SMILES string of the molecule is CCCCCCC(C)(O)C#Cc1ccc(Cl)cc1C. The zero-order valence-corrected chi connectivity index (χ0v) is 12.8. The fourth-order valence-electron chi connectivity index (χ4n) is 1.93. The van der Waals surface area contributed by atoms with Crippen molar-refractivity contribution in [2.75, 3.05) is 0 Å². The Morgan fingerprint density at radius 1 is 1.26 bits per heavy atom. The van der Waals surface area contributed by atoms with Gasteiger partial charge in [-0.3, -0.25) is 0 Å². The standard InChI is InChI=1S/C17H23ClO/c1-4-5-6-7-11-17(3,19)12-10-15-8-9-16(18)13-14(15)2/h8-9,13,19H,4-7,11H2,1-3H3. The monoisotopic (exact) mass is 278 g/mol. The molecule has 0 aromatic heterocycles. The first kappa shape index (κ1) is 16.1. The number of benzene rings is 1. The van der Waals surface area contributed by atoms with Crippen LogP contribution >= 0.6 is 11.6 Å². The fraction of sp³-hybridized carbons (Fsp3) is 0.529. The van der Waals surface area contributed by atoms with Crippen LogP contribution in [0.2, 0.25) is 5.02 Å². The maximum atomic E-state index is 10.2. The molecular weight excluding hydrogens is 256 g/mol. The third-order valence-electron chi connectivity index (χ3n) is 3.17. The van der Waals surface area contributed by atoms with E-state index in [9.17, 15) is 5.11 Å². The molecule has 0 amide bonds. The first-order valence-corrected chi connectivity index (χ1v) is 7.34. The summed E-state index contributed by atoms with van der Waals surface area (Å²) in [5, 5.41) is 10.9. The van der Waals surface area contributed by atoms with Gasteiger partial charge in [0.05, 0.1) is 0 Å². The second kappa shape index (κ2) is 7.58. The number of aliphatic hydroxyl groups is 1. The molecule has 1 nitrogen and oxygen atoms in total. The Morgan fingerprint density at radius 3 is 2.63 bits per heavy atom. The second-order valence-electron chi connectivity index (χ2n) is 5.29. The van der Waals surface area contributed by atoms with E-state index in [2.05, 4.69) is 18.8 Å². The summed E-state index contributed by atoms with van der Waals surface area (Å²) in [6.07, 6.45) is 5.34. The zero-order chi connectivity index (χ0) is 14.3. The van der Waals surface area contributed by atoms with Crippen molar-refractivity contribution in [3.8, 4) is 11.8 Å². The average Bonchev–Trinajstić information content (AvgIpc) is 2.34. The predicted octanol–water partition coefficient (Wildman–Crippen LogP) is 4.72. The molecule has 1 aromatic carbocycles. The zero-order valence-electron chi connectivity index (χ0n) is 12.1. The molecule has 104 valence electrons. The third-order valence-corrected chi connectivity index (χ3v) is 3.41. The summed E-state index contributed by atoms with van der Waals surface area (Å²) in [5.74, 6) is 6.04. The Bertz CT molecular complexity index is 466. The van der Waals surface area contributed by atoms with E-state index in [1.54, 1.807) is 6.92 Å². The van der Waals surface area contributed by atoms with Crippen LogP contribution in [-0.4, -0.2) is 10.7 Å². The summed E-state index contributed by atoms with van der Waals surface area (Å²) >= 11 is 5.91. The van der Waals surface area contributed by atoms with Gasteiger partial charge in [0, 0.05) is 10.6 Å². The molecule has 0 heterocycles. The molecule has 0 spiro atoms. The van der Waals surface area contributed by atoms with Gasteiger partial charge in [-0.1, -0.05) is 49.6 Å². The first-order chi connectivity index (χ1) is 8.94. The molecule has 1 N–H and O–H groups in total. The number of rotatable bonds is 5. The smallest absolute Gasteiger partial charge is 0.123 e. The molecule has 0 aliphatic rings. The molecule has 1 aromatic rings. The minimum Gasteiger partial charge on any atom is -0.378 e.